The first-order chi connectivity index (χ1) is 7.58. The van der Waals surface area contributed by atoms with Gasteiger partial charge in [0, 0.05) is 14.6 Å². The van der Waals surface area contributed by atoms with Crippen molar-refractivity contribution in [2.75, 3.05) is 5.32 Å². The lowest BCUT2D eigenvalue weighted by molar-refractivity contribution is 0.316. The van der Waals surface area contributed by atoms with Gasteiger partial charge >= 0.3 is 0 Å². The van der Waals surface area contributed by atoms with Crippen molar-refractivity contribution in [1.29, 1.82) is 0 Å². The molecule has 6 heteroatoms. The van der Waals surface area contributed by atoms with Gasteiger partial charge in [0.2, 0.25) is 0 Å². The molecule has 88 valence electrons. The first-order valence-electron chi connectivity index (χ1n) is 4.77. The Morgan fingerprint density at radius 3 is 2.75 bits per heavy atom. The molecule has 0 fully saturated rings. The van der Waals surface area contributed by atoms with Crippen molar-refractivity contribution in [2.24, 2.45) is 10.9 Å². The van der Waals surface area contributed by atoms with E-state index in [0.29, 0.717) is 0 Å². The molecule has 1 atom stereocenters. The van der Waals surface area contributed by atoms with E-state index in [9.17, 15) is 0 Å². The molecule has 0 aliphatic heterocycles. The van der Waals surface area contributed by atoms with Crippen LogP contribution in [0.25, 0.3) is 0 Å². The Kier molecular flexibility index (Phi) is 5.08. The van der Waals surface area contributed by atoms with Crippen LogP contribution >= 0.6 is 31.9 Å². The molecule has 4 N–H and O–H groups in total. The third-order valence-electron chi connectivity index (χ3n) is 2.14. The number of benzene rings is 1. The summed E-state index contributed by atoms with van der Waals surface area (Å²) in [6.07, 6.45) is 0.735. The summed E-state index contributed by atoms with van der Waals surface area (Å²) in [5.74, 6) is 0.178. The van der Waals surface area contributed by atoms with Crippen molar-refractivity contribution in [3.05, 3.63) is 27.1 Å². The monoisotopic (exact) mass is 349 g/mol. The van der Waals surface area contributed by atoms with Gasteiger partial charge in [-0.25, -0.2) is 0 Å². The molecule has 1 aromatic rings. The van der Waals surface area contributed by atoms with Crippen molar-refractivity contribution >= 4 is 43.4 Å². The average Bonchev–Trinajstić information content (AvgIpc) is 2.27. The number of oxime groups is 1. The largest absolute Gasteiger partial charge is 0.409 e. The number of nitrogens with one attached hydrogen (secondary N) is 1. The van der Waals surface area contributed by atoms with Crippen molar-refractivity contribution < 1.29 is 5.21 Å². The Morgan fingerprint density at radius 2 is 2.25 bits per heavy atom. The number of hydrogen-bond acceptors (Lipinski definition) is 3. The van der Waals surface area contributed by atoms with Gasteiger partial charge in [-0.2, -0.15) is 0 Å². The third kappa shape index (κ3) is 3.38. The fourth-order valence-electron chi connectivity index (χ4n) is 1.25. The standard InChI is InChI=1S/C10H13Br2N3O/c1-2-8(10(13)15-16)14-9-4-3-6(11)5-7(9)12/h3-5,8,14,16H,2H2,1H3,(H2,13,15). The Balaban J connectivity index is 2.86. The van der Waals surface area contributed by atoms with Gasteiger partial charge in [-0.05, 0) is 40.5 Å². The molecule has 4 nitrogen and oxygen atoms in total. The number of anilines is 1. The van der Waals surface area contributed by atoms with Crippen LogP contribution in [0.3, 0.4) is 0 Å². The zero-order valence-corrected chi connectivity index (χ0v) is 11.9. The van der Waals surface area contributed by atoms with Gasteiger partial charge in [-0.3, -0.25) is 0 Å². The molecule has 0 spiro atoms. The smallest absolute Gasteiger partial charge is 0.161 e. The summed E-state index contributed by atoms with van der Waals surface area (Å²) in [4.78, 5) is 0. The van der Waals surface area contributed by atoms with Crippen LogP contribution in [0, 0.1) is 0 Å². The van der Waals surface area contributed by atoms with Crippen LogP contribution in [0.2, 0.25) is 0 Å². The predicted molar refractivity (Wildman–Crippen MR) is 73.0 cm³/mol. The molecule has 1 rings (SSSR count). The fourth-order valence-corrected chi connectivity index (χ4v) is 2.41. The first kappa shape index (κ1) is 13.3. The highest BCUT2D eigenvalue weighted by atomic mass is 79.9. The van der Waals surface area contributed by atoms with Gasteiger partial charge in [0.05, 0.1) is 6.04 Å². The van der Waals surface area contributed by atoms with Crippen LogP contribution < -0.4 is 11.1 Å². The predicted octanol–water partition coefficient (Wildman–Crippen LogP) is 3.15. The van der Waals surface area contributed by atoms with E-state index in [4.69, 9.17) is 10.9 Å². The van der Waals surface area contributed by atoms with Crippen LogP contribution in [-0.4, -0.2) is 17.1 Å². The van der Waals surface area contributed by atoms with Gasteiger partial charge in [0.25, 0.3) is 0 Å². The van der Waals surface area contributed by atoms with Gasteiger partial charge < -0.3 is 16.3 Å². The van der Waals surface area contributed by atoms with Crippen LogP contribution in [-0.2, 0) is 0 Å². The van der Waals surface area contributed by atoms with E-state index in [-0.39, 0.29) is 11.9 Å². The van der Waals surface area contributed by atoms with Crippen molar-refractivity contribution in [2.45, 2.75) is 19.4 Å². The van der Waals surface area contributed by atoms with E-state index in [1.807, 2.05) is 25.1 Å². The third-order valence-corrected chi connectivity index (χ3v) is 3.29. The van der Waals surface area contributed by atoms with E-state index in [1.54, 1.807) is 0 Å². The Bertz CT molecular complexity index is 396. The topological polar surface area (TPSA) is 70.6 Å². The maximum atomic E-state index is 8.63. The SMILES string of the molecule is CCC(Nc1ccc(Br)cc1Br)C(N)=NO. The van der Waals surface area contributed by atoms with E-state index in [2.05, 4.69) is 42.3 Å². The molecule has 1 aromatic carbocycles. The number of halogens is 2. The highest BCUT2D eigenvalue weighted by Gasteiger charge is 2.12. The Labute approximate surface area is 111 Å². The lowest BCUT2D eigenvalue weighted by Gasteiger charge is -2.17. The summed E-state index contributed by atoms with van der Waals surface area (Å²) < 4.78 is 1.91. The van der Waals surface area contributed by atoms with Crippen molar-refractivity contribution in [1.82, 2.24) is 0 Å². The molecule has 0 heterocycles. The van der Waals surface area contributed by atoms with E-state index >= 15 is 0 Å². The maximum Gasteiger partial charge on any atom is 0.161 e. The minimum atomic E-state index is -0.178. The van der Waals surface area contributed by atoms with Crippen LogP contribution in [0.1, 0.15) is 13.3 Å². The number of nitrogens with zero attached hydrogens (tertiary/aromatic N) is 1. The Morgan fingerprint density at radius 1 is 1.56 bits per heavy atom. The molecule has 0 amide bonds. The molecule has 0 saturated heterocycles. The molecule has 0 saturated carbocycles. The average molecular weight is 351 g/mol. The van der Waals surface area contributed by atoms with Gasteiger partial charge in [-0.1, -0.05) is 28.0 Å². The van der Waals surface area contributed by atoms with Crippen molar-refractivity contribution in [3.63, 3.8) is 0 Å². The molecule has 16 heavy (non-hydrogen) atoms. The minimum Gasteiger partial charge on any atom is -0.409 e. The van der Waals surface area contributed by atoms with E-state index < -0.39 is 0 Å². The maximum absolute atomic E-state index is 8.63. The summed E-state index contributed by atoms with van der Waals surface area (Å²) in [6, 6.07) is 5.59. The van der Waals surface area contributed by atoms with Gasteiger partial charge in [0.1, 0.15) is 0 Å². The zero-order chi connectivity index (χ0) is 12.1. The zero-order valence-electron chi connectivity index (χ0n) is 8.74. The second-order valence-electron chi connectivity index (χ2n) is 3.25. The highest BCUT2D eigenvalue weighted by Crippen LogP contribution is 2.26. The summed E-state index contributed by atoms with van der Waals surface area (Å²) in [5, 5.41) is 14.8. The van der Waals surface area contributed by atoms with Gasteiger partial charge in [-0.15, -0.1) is 0 Å². The molecule has 0 aliphatic rings. The molecular formula is C10H13Br2N3O. The lowest BCUT2D eigenvalue weighted by Crippen LogP contribution is -2.35. The quantitative estimate of drug-likeness (QED) is 0.338. The van der Waals surface area contributed by atoms with Crippen LogP contribution in [0.15, 0.2) is 32.3 Å². The number of nitrogens with two attached hydrogens (primary N) is 1. The summed E-state index contributed by atoms with van der Waals surface area (Å²) in [6.45, 7) is 1.96. The van der Waals surface area contributed by atoms with Crippen molar-refractivity contribution in [3.8, 4) is 0 Å². The number of rotatable bonds is 4. The molecular weight excluding hydrogens is 338 g/mol. The van der Waals surface area contributed by atoms with Crippen LogP contribution in [0.5, 0.6) is 0 Å². The Hall–Kier alpha value is -0.750. The second kappa shape index (κ2) is 6.10. The van der Waals surface area contributed by atoms with E-state index in [0.717, 1.165) is 21.1 Å². The van der Waals surface area contributed by atoms with E-state index in [1.165, 1.54) is 0 Å². The number of amidine groups is 1. The summed E-state index contributed by atoms with van der Waals surface area (Å²) in [5.41, 5.74) is 6.47. The minimum absolute atomic E-state index is 0.178. The molecule has 0 bridgehead atoms. The normalized spacial score (nSPS) is 13.6. The fraction of sp³-hybridized carbons (Fsp3) is 0.300. The lowest BCUT2D eigenvalue weighted by atomic mass is 10.2. The molecule has 0 aromatic heterocycles. The second-order valence-corrected chi connectivity index (χ2v) is 5.02. The summed E-state index contributed by atoms with van der Waals surface area (Å²) >= 11 is 6.82. The van der Waals surface area contributed by atoms with Gasteiger partial charge in [0.15, 0.2) is 5.84 Å². The van der Waals surface area contributed by atoms with Crippen LogP contribution in [0.4, 0.5) is 5.69 Å². The molecule has 0 aliphatic carbocycles. The summed E-state index contributed by atoms with van der Waals surface area (Å²) in [7, 11) is 0. The molecule has 0 radical (unpaired) electrons. The highest BCUT2D eigenvalue weighted by molar-refractivity contribution is 9.11. The number of hydrogen-bond donors (Lipinski definition) is 3. The molecule has 1 unspecified atom stereocenters. The first-order valence-corrected chi connectivity index (χ1v) is 6.36.